The predicted molar refractivity (Wildman–Crippen MR) is 109 cm³/mol. The molecule has 3 aromatic rings. The van der Waals surface area contributed by atoms with Gasteiger partial charge in [0.1, 0.15) is 0 Å². The predicted octanol–water partition coefficient (Wildman–Crippen LogP) is 5.63. The van der Waals surface area contributed by atoms with E-state index in [-0.39, 0.29) is 11.4 Å². The topological polar surface area (TPSA) is 86.3 Å². The van der Waals surface area contributed by atoms with Crippen LogP contribution < -0.4 is 0 Å². The summed E-state index contributed by atoms with van der Waals surface area (Å²) in [5.74, 6) is 0. The maximum Gasteiger partial charge on any atom is 0.269 e. The number of nitro benzene ring substituents is 2. The molecule has 0 heterocycles. The molecule has 0 radical (unpaired) electrons. The van der Waals surface area contributed by atoms with Crippen molar-refractivity contribution in [2.45, 2.75) is 0 Å². The molecule has 0 fully saturated rings. The van der Waals surface area contributed by atoms with Gasteiger partial charge in [-0.2, -0.15) is 0 Å². The van der Waals surface area contributed by atoms with Gasteiger partial charge in [-0.05, 0) is 57.7 Å². The van der Waals surface area contributed by atoms with Crippen LogP contribution in [0.4, 0.5) is 11.4 Å². The summed E-state index contributed by atoms with van der Waals surface area (Å²) in [6, 6.07) is 20.1. The summed E-state index contributed by atoms with van der Waals surface area (Å²) >= 11 is 0. The first kappa shape index (κ1) is 18.7. The fraction of sp³-hybridized carbons (Fsp3) is 0. The molecule has 0 atom stereocenters. The number of rotatable bonds is 6. The minimum atomic E-state index is -0.439. The lowest BCUT2D eigenvalue weighted by Gasteiger charge is -2.10. The highest BCUT2D eigenvalue weighted by molar-refractivity contribution is 5.82. The Bertz CT molecular complexity index is 979. The van der Waals surface area contributed by atoms with E-state index < -0.39 is 9.85 Å². The quantitative estimate of drug-likeness (QED) is 0.415. The fourth-order valence-corrected chi connectivity index (χ4v) is 2.77. The van der Waals surface area contributed by atoms with E-state index in [4.69, 9.17) is 0 Å². The largest absolute Gasteiger partial charge is 0.269 e. The molecular weight excluding hydrogens is 356 g/mol. The maximum atomic E-state index is 10.8. The maximum absolute atomic E-state index is 10.8. The van der Waals surface area contributed by atoms with E-state index in [1.165, 1.54) is 24.3 Å². The zero-order valence-corrected chi connectivity index (χ0v) is 14.9. The minimum absolute atomic E-state index is 0.0336. The molecule has 6 heteroatoms. The highest BCUT2D eigenvalue weighted by Gasteiger charge is 2.10. The average Bonchev–Trinajstić information content (AvgIpc) is 2.73. The van der Waals surface area contributed by atoms with Crippen molar-refractivity contribution >= 4 is 22.5 Å². The Balaban J connectivity index is 1.78. The van der Waals surface area contributed by atoms with Gasteiger partial charge in [-0.15, -0.1) is 0 Å². The van der Waals surface area contributed by atoms with E-state index in [0.29, 0.717) is 0 Å². The van der Waals surface area contributed by atoms with Gasteiger partial charge in [0.15, 0.2) is 0 Å². The second kappa shape index (κ2) is 7.67. The van der Waals surface area contributed by atoms with Crippen molar-refractivity contribution in [2.24, 2.45) is 0 Å². The number of nitro groups is 2. The van der Waals surface area contributed by atoms with Gasteiger partial charge in [-0.25, -0.2) is 0 Å². The molecule has 3 rings (SSSR count). The van der Waals surface area contributed by atoms with Gasteiger partial charge in [0.2, 0.25) is 0 Å². The molecule has 0 aromatic heterocycles. The van der Waals surface area contributed by atoms with Gasteiger partial charge in [0.05, 0.1) is 9.85 Å². The van der Waals surface area contributed by atoms with Gasteiger partial charge in [-0.1, -0.05) is 37.4 Å². The van der Waals surface area contributed by atoms with Crippen LogP contribution in [0.2, 0.25) is 0 Å². The molecular formula is C22H16N2O4. The van der Waals surface area contributed by atoms with Gasteiger partial charge in [0.25, 0.3) is 11.4 Å². The third-order valence-corrected chi connectivity index (χ3v) is 4.43. The lowest BCUT2D eigenvalue weighted by molar-refractivity contribution is -0.385. The first-order chi connectivity index (χ1) is 13.4. The Kier molecular flexibility index (Phi) is 5.13. The average molecular weight is 372 g/mol. The van der Waals surface area contributed by atoms with Gasteiger partial charge in [0, 0.05) is 24.3 Å². The molecule has 0 amide bonds. The molecule has 0 saturated heterocycles. The number of hydrogen-bond donors (Lipinski definition) is 0. The standard InChI is InChI=1S/C22H16N2O4/c1-15(19-7-11-21(12-8-19)23(25)26)17-3-5-18(6-4-17)16(2)20-9-13-22(14-10-20)24(27)28/h3-14H,1-2H2. The van der Waals surface area contributed by atoms with Crippen LogP contribution in [0.5, 0.6) is 0 Å². The number of nitrogens with zero attached hydrogens (tertiary/aromatic N) is 2. The van der Waals surface area contributed by atoms with E-state index in [2.05, 4.69) is 13.2 Å². The van der Waals surface area contributed by atoms with E-state index in [1.54, 1.807) is 24.3 Å². The molecule has 138 valence electrons. The summed E-state index contributed by atoms with van der Waals surface area (Å²) in [4.78, 5) is 20.6. The molecule has 0 aliphatic heterocycles. The monoisotopic (exact) mass is 372 g/mol. The molecule has 0 unspecified atom stereocenters. The molecule has 0 aliphatic rings. The minimum Gasteiger partial charge on any atom is -0.258 e. The Morgan fingerprint density at radius 3 is 0.964 bits per heavy atom. The summed E-state index contributed by atoms with van der Waals surface area (Å²) in [5, 5.41) is 21.5. The van der Waals surface area contributed by atoms with Crippen molar-refractivity contribution in [2.75, 3.05) is 0 Å². The van der Waals surface area contributed by atoms with Crippen molar-refractivity contribution in [3.63, 3.8) is 0 Å². The van der Waals surface area contributed by atoms with Crippen LogP contribution in [-0.4, -0.2) is 9.85 Å². The van der Waals surface area contributed by atoms with Crippen molar-refractivity contribution in [3.05, 3.63) is 128 Å². The van der Waals surface area contributed by atoms with E-state index in [1.807, 2.05) is 24.3 Å². The van der Waals surface area contributed by atoms with Crippen LogP contribution in [0, 0.1) is 20.2 Å². The second-order valence-corrected chi connectivity index (χ2v) is 6.14. The molecule has 0 saturated carbocycles. The highest BCUT2D eigenvalue weighted by atomic mass is 16.6. The van der Waals surface area contributed by atoms with E-state index >= 15 is 0 Å². The smallest absolute Gasteiger partial charge is 0.258 e. The summed E-state index contributed by atoms with van der Waals surface area (Å²) in [7, 11) is 0. The molecule has 0 aliphatic carbocycles. The third kappa shape index (κ3) is 3.86. The SMILES string of the molecule is C=C(c1ccc(C(=C)c2ccc([N+](=O)[O-])cc2)cc1)c1ccc([N+](=O)[O-])cc1. The van der Waals surface area contributed by atoms with Crippen molar-refractivity contribution in [3.8, 4) is 0 Å². The van der Waals surface area contributed by atoms with Gasteiger partial charge >= 0.3 is 0 Å². The van der Waals surface area contributed by atoms with Crippen LogP contribution in [0.3, 0.4) is 0 Å². The molecule has 3 aromatic carbocycles. The molecule has 0 bridgehead atoms. The van der Waals surface area contributed by atoms with Crippen molar-refractivity contribution in [1.82, 2.24) is 0 Å². The van der Waals surface area contributed by atoms with E-state index in [0.717, 1.165) is 33.4 Å². The van der Waals surface area contributed by atoms with Crippen LogP contribution in [0.15, 0.2) is 86.0 Å². The Hall–Kier alpha value is -4.06. The summed E-state index contributed by atoms with van der Waals surface area (Å²) in [5.41, 5.74) is 4.94. The molecule has 28 heavy (non-hydrogen) atoms. The first-order valence-corrected chi connectivity index (χ1v) is 8.35. The van der Waals surface area contributed by atoms with Crippen LogP contribution in [-0.2, 0) is 0 Å². The Morgan fingerprint density at radius 2 is 0.750 bits per heavy atom. The Labute approximate surface area is 161 Å². The number of benzene rings is 3. The van der Waals surface area contributed by atoms with Crippen LogP contribution in [0.1, 0.15) is 22.3 Å². The van der Waals surface area contributed by atoms with Gasteiger partial charge in [-0.3, -0.25) is 20.2 Å². The third-order valence-electron chi connectivity index (χ3n) is 4.43. The van der Waals surface area contributed by atoms with Crippen LogP contribution >= 0.6 is 0 Å². The Morgan fingerprint density at radius 1 is 0.536 bits per heavy atom. The molecule has 0 spiro atoms. The van der Waals surface area contributed by atoms with Crippen LogP contribution in [0.25, 0.3) is 11.1 Å². The van der Waals surface area contributed by atoms with Crippen molar-refractivity contribution in [1.29, 1.82) is 0 Å². The lowest BCUT2D eigenvalue weighted by Crippen LogP contribution is -1.92. The second-order valence-electron chi connectivity index (χ2n) is 6.14. The zero-order valence-electron chi connectivity index (χ0n) is 14.9. The van der Waals surface area contributed by atoms with Crippen molar-refractivity contribution < 1.29 is 9.85 Å². The van der Waals surface area contributed by atoms with Gasteiger partial charge < -0.3 is 0 Å². The molecule has 0 N–H and O–H groups in total. The zero-order chi connectivity index (χ0) is 20.3. The summed E-state index contributed by atoms with van der Waals surface area (Å²) in [6.07, 6.45) is 0. The van der Waals surface area contributed by atoms with E-state index in [9.17, 15) is 20.2 Å². The number of non-ortho nitro benzene ring substituents is 2. The molecule has 6 nitrogen and oxygen atoms in total. The normalized spacial score (nSPS) is 10.3. The number of hydrogen-bond acceptors (Lipinski definition) is 4. The highest BCUT2D eigenvalue weighted by Crippen LogP contribution is 2.27. The fourth-order valence-electron chi connectivity index (χ4n) is 2.77. The lowest BCUT2D eigenvalue weighted by atomic mass is 9.95. The summed E-state index contributed by atoms with van der Waals surface area (Å²) < 4.78 is 0. The summed E-state index contributed by atoms with van der Waals surface area (Å²) in [6.45, 7) is 8.14. The first-order valence-electron chi connectivity index (χ1n) is 8.35.